The minimum absolute atomic E-state index is 0.196. The summed E-state index contributed by atoms with van der Waals surface area (Å²) in [6.45, 7) is 23.5. The van der Waals surface area contributed by atoms with Crippen LogP contribution in [-0.4, -0.2) is 0 Å². The van der Waals surface area contributed by atoms with Crippen LogP contribution in [0.4, 0.5) is 0 Å². The topological polar surface area (TPSA) is 0 Å². The lowest BCUT2D eigenvalue weighted by Crippen LogP contribution is -2.24. The van der Waals surface area contributed by atoms with Crippen LogP contribution in [-0.2, 0) is 22.7 Å². The molecule has 0 amide bonds. The van der Waals surface area contributed by atoms with Gasteiger partial charge >= 0.3 is 0 Å². The molecular weight excluding hydrogens is 276 g/mol. The Kier molecular flexibility index (Phi) is 6.16. The van der Waals surface area contributed by atoms with E-state index in [1.165, 1.54) is 31.2 Å². The van der Waals surface area contributed by atoms with Crippen LogP contribution in [0.3, 0.4) is 0 Å². The molecule has 1 aromatic rings. The molecule has 0 heteroatoms. The molecule has 0 bridgehead atoms. The number of unbranched alkanes of at least 4 members (excludes halogenated alkanes) is 2. The van der Waals surface area contributed by atoms with Crippen molar-refractivity contribution in [1.29, 1.82) is 0 Å². The van der Waals surface area contributed by atoms with E-state index in [4.69, 9.17) is 0 Å². The summed E-state index contributed by atoms with van der Waals surface area (Å²) >= 11 is 0. The van der Waals surface area contributed by atoms with Crippen molar-refractivity contribution >= 4 is 0 Å². The maximum Gasteiger partial charge on any atom is -0.0129 e. The number of benzene rings is 1. The van der Waals surface area contributed by atoms with E-state index in [0.29, 0.717) is 0 Å². The fraction of sp³-hybridized carbons (Fsp3) is 0.739. The molecule has 23 heavy (non-hydrogen) atoms. The van der Waals surface area contributed by atoms with Gasteiger partial charge in [0, 0.05) is 0 Å². The third kappa shape index (κ3) is 5.37. The highest BCUT2D eigenvalue weighted by Crippen LogP contribution is 2.38. The van der Waals surface area contributed by atoms with E-state index in [1.807, 2.05) is 0 Å². The molecule has 1 aromatic carbocycles. The largest absolute Gasteiger partial charge is 0.0654 e. The van der Waals surface area contributed by atoms with Crippen LogP contribution >= 0.6 is 0 Å². The Hall–Kier alpha value is -0.780. The SMILES string of the molecule is CCCCCc1c(C(C)(C)C)cc(C(C)(C)C)cc1C(C)(C)C. The van der Waals surface area contributed by atoms with Gasteiger partial charge < -0.3 is 0 Å². The molecule has 0 atom stereocenters. The highest BCUT2D eigenvalue weighted by Gasteiger charge is 2.28. The molecule has 0 aliphatic rings. The Balaban J connectivity index is 3.61. The summed E-state index contributed by atoms with van der Waals surface area (Å²) < 4.78 is 0. The molecular formula is C23H40. The summed E-state index contributed by atoms with van der Waals surface area (Å²) in [5.74, 6) is 0. The molecule has 0 saturated heterocycles. The van der Waals surface area contributed by atoms with Gasteiger partial charge in [-0.1, -0.05) is 94.2 Å². The smallest absolute Gasteiger partial charge is 0.0129 e. The zero-order valence-electron chi connectivity index (χ0n) is 17.5. The second-order valence-corrected chi connectivity index (χ2v) is 10.3. The fourth-order valence-corrected chi connectivity index (χ4v) is 3.26. The van der Waals surface area contributed by atoms with Crippen molar-refractivity contribution in [3.05, 3.63) is 34.4 Å². The van der Waals surface area contributed by atoms with Crippen LogP contribution in [0.15, 0.2) is 12.1 Å². The molecule has 0 unspecified atom stereocenters. The highest BCUT2D eigenvalue weighted by atomic mass is 14.3. The Morgan fingerprint density at radius 3 is 1.39 bits per heavy atom. The molecule has 0 N–H and O–H groups in total. The van der Waals surface area contributed by atoms with Gasteiger partial charge in [-0.05, 0) is 51.3 Å². The van der Waals surface area contributed by atoms with E-state index >= 15 is 0 Å². The van der Waals surface area contributed by atoms with E-state index in [9.17, 15) is 0 Å². The Bertz CT molecular complexity index is 477. The second kappa shape index (κ2) is 6.99. The molecule has 0 heterocycles. The minimum atomic E-state index is 0.196. The zero-order chi connectivity index (χ0) is 18.1. The van der Waals surface area contributed by atoms with Crippen LogP contribution < -0.4 is 0 Å². The minimum Gasteiger partial charge on any atom is -0.0654 e. The van der Waals surface area contributed by atoms with E-state index in [-0.39, 0.29) is 16.2 Å². The number of rotatable bonds is 4. The van der Waals surface area contributed by atoms with Gasteiger partial charge in [-0.2, -0.15) is 0 Å². The summed E-state index contributed by atoms with van der Waals surface area (Å²) in [4.78, 5) is 0. The molecule has 132 valence electrons. The van der Waals surface area contributed by atoms with Gasteiger partial charge in [0.25, 0.3) is 0 Å². The van der Waals surface area contributed by atoms with Crippen molar-refractivity contribution in [3.63, 3.8) is 0 Å². The zero-order valence-corrected chi connectivity index (χ0v) is 17.5. The Morgan fingerprint density at radius 1 is 0.652 bits per heavy atom. The molecule has 0 spiro atoms. The van der Waals surface area contributed by atoms with Gasteiger partial charge in [0.15, 0.2) is 0 Å². The summed E-state index contributed by atoms with van der Waals surface area (Å²) in [7, 11) is 0. The monoisotopic (exact) mass is 316 g/mol. The lowest BCUT2D eigenvalue weighted by Gasteiger charge is -2.33. The maximum atomic E-state index is 2.50. The van der Waals surface area contributed by atoms with Gasteiger partial charge in [-0.15, -0.1) is 0 Å². The second-order valence-electron chi connectivity index (χ2n) is 10.3. The lowest BCUT2D eigenvalue weighted by atomic mass is 9.71. The van der Waals surface area contributed by atoms with Crippen LogP contribution in [0.25, 0.3) is 0 Å². The number of hydrogen-bond acceptors (Lipinski definition) is 0. The van der Waals surface area contributed by atoms with Crippen molar-refractivity contribution < 1.29 is 0 Å². The first kappa shape index (κ1) is 20.3. The first-order valence-electron chi connectivity index (χ1n) is 9.47. The summed E-state index contributed by atoms with van der Waals surface area (Å²) in [6, 6.07) is 4.99. The molecule has 0 aliphatic carbocycles. The van der Waals surface area contributed by atoms with Crippen molar-refractivity contribution in [2.24, 2.45) is 0 Å². The van der Waals surface area contributed by atoms with Crippen molar-refractivity contribution in [3.8, 4) is 0 Å². The Morgan fingerprint density at radius 2 is 1.09 bits per heavy atom. The van der Waals surface area contributed by atoms with Gasteiger partial charge in [0.05, 0.1) is 0 Å². The van der Waals surface area contributed by atoms with Gasteiger partial charge in [0.1, 0.15) is 0 Å². The first-order valence-corrected chi connectivity index (χ1v) is 9.47. The molecule has 0 aliphatic heterocycles. The normalized spacial score (nSPS) is 13.5. The average Bonchev–Trinajstić information content (AvgIpc) is 2.35. The van der Waals surface area contributed by atoms with Crippen LogP contribution in [0.5, 0.6) is 0 Å². The third-order valence-corrected chi connectivity index (χ3v) is 4.76. The molecule has 0 aromatic heterocycles. The van der Waals surface area contributed by atoms with Gasteiger partial charge in [-0.3, -0.25) is 0 Å². The van der Waals surface area contributed by atoms with Crippen LogP contribution in [0, 0.1) is 0 Å². The van der Waals surface area contributed by atoms with E-state index in [1.54, 1.807) is 16.7 Å². The average molecular weight is 317 g/mol. The Labute approximate surface area is 146 Å². The third-order valence-electron chi connectivity index (χ3n) is 4.76. The molecule has 0 radical (unpaired) electrons. The fourth-order valence-electron chi connectivity index (χ4n) is 3.26. The molecule has 0 fully saturated rings. The predicted octanol–water partition coefficient (Wildman–Crippen LogP) is 7.31. The van der Waals surface area contributed by atoms with E-state index in [2.05, 4.69) is 81.4 Å². The van der Waals surface area contributed by atoms with E-state index < -0.39 is 0 Å². The summed E-state index contributed by atoms with van der Waals surface area (Å²) in [6.07, 6.45) is 5.14. The van der Waals surface area contributed by atoms with Gasteiger partial charge in [-0.25, -0.2) is 0 Å². The van der Waals surface area contributed by atoms with Crippen molar-refractivity contribution in [2.45, 2.75) is 111 Å². The van der Waals surface area contributed by atoms with Crippen molar-refractivity contribution in [2.75, 3.05) is 0 Å². The van der Waals surface area contributed by atoms with Crippen LogP contribution in [0.1, 0.15) is 111 Å². The van der Waals surface area contributed by atoms with Gasteiger partial charge in [0.2, 0.25) is 0 Å². The first-order chi connectivity index (χ1) is 10.3. The lowest BCUT2D eigenvalue weighted by molar-refractivity contribution is 0.533. The predicted molar refractivity (Wildman–Crippen MR) is 106 cm³/mol. The molecule has 0 nitrogen and oxygen atoms in total. The number of hydrogen-bond donors (Lipinski definition) is 0. The molecule has 0 saturated carbocycles. The van der Waals surface area contributed by atoms with E-state index in [0.717, 1.165) is 0 Å². The molecule has 1 rings (SSSR count). The standard InChI is InChI=1S/C23H40/c1-11-12-13-14-18-19(22(5,6)7)15-17(21(2,3)4)16-20(18)23(8,9)10/h15-16H,11-14H2,1-10H3. The van der Waals surface area contributed by atoms with Crippen LogP contribution in [0.2, 0.25) is 0 Å². The summed E-state index contributed by atoms with van der Waals surface area (Å²) in [5.41, 5.74) is 6.81. The summed E-state index contributed by atoms with van der Waals surface area (Å²) in [5, 5.41) is 0. The highest BCUT2D eigenvalue weighted by molar-refractivity contribution is 5.47. The maximum absolute atomic E-state index is 2.50. The quantitative estimate of drug-likeness (QED) is 0.511. The van der Waals surface area contributed by atoms with Crippen molar-refractivity contribution in [1.82, 2.24) is 0 Å².